The smallest absolute Gasteiger partial charge is 0.260 e. The number of halogens is 1. The van der Waals surface area contributed by atoms with Gasteiger partial charge in [0.15, 0.2) is 6.61 Å². The van der Waals surface area contributed by atoms with Crippen LogP contribution in [-0.2, 0) is 17.8 Å². The summed E-state index contributed by atoms with van der Waals surface area (Å²) in [6.07, 6.45) is 3.11. The monoisotopic (exact) mass is 439 g/mol. The number of hydrogen-bond acceptors (Lipinski definition) is 4. The van der Waals surface area contributed by atoms with Gasteiger partial charge in [0.25, 0.3) is 5.91 Å². The molecule has 2 aromatic carbocycles. The van der Waals surface area contributed by atoms with Crippen LogP contribution in [-0.4, -0.2) is 73.5 Å². The number of hydrogen-bond donors (Lipinski definition) is 0. The Balaban J connectivity index is 1.17. The van der Waals surface area contributed by atoms with Crippen LogP contribution in [0.3, 0.4) is 0 Å². The maximum absolute atomic E-state index is 13.0. The van der Waals surface area contributed by atoms with Crippen molar-refractivity contribution in [3.63, 3.8) is 0 Å². The van der Waals surface area contributed by atoms with E-state index in [9.17, 15) is 9.18 Å². The largest absolute Gasteiger partial charge is 0.484 e. The van der Waals surface area contributed by atoms with Crippen LogP contribution in [0.25, 0.3) is 0 Å². The average Bonchev–Trinajstić information content (AvgIpc) is 2.82. The number of carbonyl (C=O) groups excluding carboxylic acids is 1. The third-order valence-corrected chi connectivity index (χ3v) is 6.69. The molecule has 4 rings (SSSR count). The molecule has 2 saturated heterocycles. The van der Waals surface area contributed by atoms with Gasteiger partial charge in [0.05, 0.1) is 0 Å². The van der Waals surface area contributed by atoms with Crippen molar-refractivity contribution in [2.24, 2.45) is 5.92 Å². The number of nitrogens with zero attached hydrogens (tertiary/aromatic N) is 3. The second-order valence-electron chi connectivity index (χ2n) is 9.17. The van der Waals surface area contributed by atoms with Crippen LogP contribution in [0.5, 0.6) is 5.75 Å². The van der Waals surface area contributed by atoms with Gasteiger partial charge >= 0.3 is 0 Å². The van der Waals surface area contributed by atoms with Gasteiger partial charge in [-0.1, -0.05) is 24.3 Å². The Morgan fingerprint density at radius 2 is 1.53 bits per heavy atom. The van der Waals surface area contributed by atoms with Gasteiger partial charge in [-0.05, 0) is 67.6 Å². The Morgan fingerprint density at radius 1 is 0.906 bits per heavy atom. The molecule has 0 aromatic heterocycles. The first-order chi connectivity index (χ1) is 15.5. The third kappa shape index (κ3) is 6.53. The second-order valence-corrected chi connectivity index (χ2v) is 9.17. The summed E-state index contributed by atoms with van der Waals surface area (Å²) in [7, 11) is 2.19. The van der Waals surface area contributed by atoms with Crippen molar-refractivity contribution in [3.05, 3.63) is 65.5 Å². The van der Waals surface area contributed by atoms with E-state index in [0.717, 1.165) is 65.1 Å². The fraction of sp³-hybridized carbons (Fsp3) is 0.500. The number of benzene rings is 2. The standard InChI is InChI=1S/C26H34FN3O2/c1-28-14-16-29(17-15-28)19-23-4-2-21(3-5-23)18-22-10-12-30(13-11-22)26(31)20-32-25-8-6-24(27)7-9-25/h2-9,22H,10-20H2,1H3. The summed E-state index contributed by atoms with van der Waals surface area (Å²) in [5.74, 6) is 0.822. The highest BCUT2D eigenvalue weighted by Gasteiger charge is 2.23. The van der Waals surface area contributed by atoms with E-state index in [1.807, 2.05) is 4.90 Å². The van der Waals surface area contributed by atoms with E-state index in [1.54, 1.807) is 12.1 Å². The Labute approximate surface area is 190 Å². The molecular weight excluding hydrogens is 405 g/mol. The minimum Gasteiger partial charge on any atom is -0.484 e. The average molecular weight is 440 g/mol. The van der Waals surface area contributed by atoms with Crippen LogP contribution in [0.15, 0.2) is 48.5 Å². The van der Waals surface area contributed by atoms with Crippen molar-refractivity contribution < 1.29 is 13.9 Å². The summed E-state index contributed by atoms with van der Waals surface area (Å²) in [4.78, 5) is 19.2. The summed E-state index contributed by atoms with van der Waals surface area (Å²) in [5.41, 5.74) is 2.77. The van der Waals surface area contributed by atoms with E-state index < -0.39 is 0 Å². The van der Waals surface area contributed by atoms with E-state index in [-0.39, 0.29) is 18.3 Å². The normalized spacial score (nSPS) is 18.6. The first-order valence-corrected chi connectivity index (χ1v) is 11.7. The molecule has 0 atom stereocenters. The molecule has 0 bridgehead atoms. The molecule has 2 aliphatic heterocycles. The first kappa shape index (κ1) is 22.7. The molecule has 172 valence electrons. The van der Waals surface area contributed by atoms with Gasteiger partial charge in [-0.3, -0.25) is 9.69 Å². The Hall–Kier alpha value is -2.44. The summed E-state index contributed by atoms with van der Waals surface area (Å²) in [6.45, 7) is 7.18. The van der Waals surface area contributed by atoms with Crippen LogP contribution in [0.2, 0.25) is 0 Å². The minimum absolute atomic E-state index is 0.000958. The predicted molar refractivity (Wildman–Crippen MR) is 124 cm³/mol. The van der Waals surface area contributed by atoms with Gasteiger partial charge in [0.2, 0.25) is 0 Å². The number of likely N-dealkylation sites (tertiary alicyclic amines) is 1. The molecule has 0 unspecified atom stereocenters. The van der Waals surface area contributed by atoms with E-state index in [1.165, 1.54) is 23.3 Å². The minimum atomic E-state index is -0.310. The number of amides is 1. The van der Waals surface area contributed by atoms with Gasteiger partial charge in [-0.15, -0.1) is 0 Å². The molecule has 2 aromatic rings. The number of ether oxygens (including phenoxy) is 1. The van der Waals surface area contributed by atoms with Crippen molar-refractivity contribution in [2.45, 2.75) is 25.8 Å². The maximum Gasteiger partial charge on any atom is 0.260 e. The highest BCUT2D eigenvalue weighted by Crippen LogP contribution is 2.22. The van der Waals surface area contributed by atoms with Gasteiger partial charge < -0.3 is 14.5 Å². The molecule has 0 N–H and O–H groups in total. The number of piperidine rings is 1. The van der Waals surface area contributed by atoms with E-state index in [2.05, 4.69) is 41.1 Å². The van der Waals surface area contributed by atoms with Crippen molar-refractivity contribution in [2.75, 3.05) is 52.9 Å². The number of rotatable bonds is 7. The van der Waals surface area contributed by atoms with Crippen molar-refractivity contribution >= 4 is 5.91 Å². The highest BCUT2D eigenvalue weighted by atomic mass is 19.1. The van der Waals surface area contributed by atoms with Crippen molar-refractivity contribution in [3.8, 4) is 5.75 Å². The fourth-order valence-electron chi connectivity index (χ4n) is 4.53. The van der Waals surface area contributed by atoms with E-state index >= 15 is 0 Å². The lowest BCUT2D eigenvalue weighted by Gasteiger charge is -2.32. The summed E-state index contributed by atoms with van der Waals surface area (Å²) < 4.78 is 18.5. The molecule has 2 fully saturated rings. The first-order valence-electron chi connectivity index (χ1n) is 11.7. The van der Waals surface area contributed by atoms with Crippen LogP contribution in [0, 0.1) is 11.7 Å². The molecule has 32 heavy (non-hydrogen) atoms. The van der Waals surface area contributed by atoms with Gasteiger partial charge in [-0.25, -0.2) is 4.39 Å². The lowest BCUT2D eigenvalue weighted by atomic mass is 9.90. The molecule has 2 aliphatic rings. The lowest BCUT2D eigenvalue weighted by molar-refractivity contribution is -0.134. The van der Waals surface area contributed by atoms with E-state index in [0.29, 0.717) is 11.7 Å². The third-order valence-electron chi connectivity index (χ3n) is 6.69. The molecular formula is C26H34FN3O2. The maximum atomic E-state index is 13.0. The highest BCUT2D eigenvalue weighted by molar-refractivity contribution is 5.77. The quantitative estimate of drug-likeness (QED) is 0.662. The molecule has 0 saturated carbocycles. The predicted octanol–water partition coefficient (Wildman–Crippen LogP) is 3.43. The number of likely N-dealkylation sites (N-methyl/N-ethyl adjacent to an activating group) is 1. The topological polar surface area (TPSA) is 36.0 Å². The van der Waals surface area contributed by atoms with Gasteiger partial charge in [-0.2, -0.15) is 0 Å². The molecule has 1 amide bonds. The molecule has 6 heteroatoms. The Morgan fingerprint density at radius 3 is 2.19 bits per heavy atom. The second kappa shape index (κ2) is 10.9. The summed E-state index contributed by atoms with van der Waals surface area (Å²) in [6, 6.07) is 14.9. The fourth-order valence-corrected chi connectivity index (χ4v) is 4.53. The molecule has 0 aliphatic carbocycles. The zero-order chi connectivity index (χ0) is 22.3. The summed E-state index contributed by atoms with van der Waals surface area (Å²) in [5, 5.41) is 0. The van der Waals surface area contributed by atoms with Crippen molar-refractivity contribution in [1.82, 2.24) is 14.7 Å². The van der Waals surface area contributed by atoms with Crippen LogP contribution >= 0.6 is 0 Å². The molecule has 0 spiro atoms. The van der Waals surface area contributed by atoms with Crippen LogP contribution in [0.4, 0.5) is 4.39 Å². The van der Waals surface area contributed by atoms with Crippen molar-refractivity contribution in [1.29, 1.82) is 0 Å². The Kier molecular flexibility index (Phi) is 7.76. The Bertz CT molecular complexity index is 856. The number of carbonyl (C=O) groups is 1. The van der Waals surface area contributed by atoms with Crippen LogP contribution < -0.4 is 4.74 Å². The SMILES string of the molecule is CN1CCN(Cc2ccc(CC3CCN(C(=O)COc4ccc(F)cc4)CC3)cc2)CC1. The number of piperazine rings is 1. The zero-order valence-electron chi connectivity index (χ0n) is 19.0. The summed E-state index contributed by atoms with van der Waals surface area (Å²) >= 11 is 0. The lowest BCUT2D eigenvalue weighted by Crippen LogP contribution is -2.43. The van der Waals surface area contributed by atoms with Crippen LogP contribution in [0.1, 0.15) is 24.0 Å². The molecule has 5 nitrogen and oxygen atoms in total. The molecule has 2 heterocycles. The zero-order valence-corrected chi connectivity index (χ0v) is 19.0. The van der Waals surface area contributed by atoms with Gasteiger partial charge in [0, 0.05) is 45.8 Å². The van der Waals surface area contributed by atoms with E-state index in [4.69, 9.17) is 4.74 Å². The molecule has 0 radical (unpaired) electrons. The van der Waals surface area contributed by atoms with Gasteiger partial charge in [0.1, 0.15) is 11.6 Å².